The van der Waals surface area contributed by atoms with E-state index in [0.717, 1.165) is 12.0 Å². The normalized spacial score (nSPS) is 12.9. The highest BCUT2D eigenvalue weighted by Gasteiger charge is 2.26. The third-order valence-electron chi connectivity index (χ3n) is 4.75. The van der Waals surface area contributed by atoms with Crippen LogP contribution < -0.4 is 15.0 Å². The number of fused-ring (bicyclic) bond motifs is 1. The molecule has 3 aromatic rings. The van der Waals surface area contributed by atoms with Gasteiger partial charge in [0.15, 0.2) is 6.61 Å². The second-order valence-corrected chi connectivity index (χ2v) is 7.09. The summed E-state index contributed by atoms with van der Waals surface area (Å²) in [5.74, 6) is 0.200. The Bertz CT molecular complexity index is 1050. The Hall–Kier alpha value is -3.31. The molecule has 0 aromatic heterocycles. The van der Waals surface area contributed by atoms with Gasteiger partial charge in [-0.1, -0.05) is 54.1 Å². The van der Waals surface area contributed by atoms with Crippen LogP contribution in [0.1, 0.15) is 15.9 Å². The molecule has 1 aliphatic rings. The summed E-state index contributed by atoms with van der Waals surface area (Å²) >= 11 is 6.11. The highest BCUT2D eigenvalue weighted by Crippen LogP contribution is 2.35. The van der Waals surface area contributed by atoms with Crippen LogP contribution >= 0.6 is 11.6 Å². The molecule has 5 nitrogen and oxygen atoms in total. The van der Waals surface area contributed by atoms with Gasteiger partial charge in [0.05, 0.1) is 16.3 Å². The minimum atomic E-state index is -0.311. The molecule has 1 N–H and O–H groups in total. The number of rotatable bonds is 5. The average molecular weight is 407 g/mol. The molecule has 0 bridgehead atoms. The van der Waals surface area contributed by atoms with Crippen LogP contribution in [0.5, 0.6) is 5.75 Å². The lowest BCUT2D eigenvalue weighted by Gasteiger charge is -2.30. The van der Waals surface area contributed by atoms with Crippen molar-refractivity contribution in [3.8, 4) is 5.75 Å². The molecule has 0 spiro atoms. The molecule has 0 unspecified atom stereocenters. The minimum Gasteiger partial charge on any atom is -0.482 e. The number of anilines is 2. The Morgan fingerprint density at radius 1 is 1.03 bits per heavy atom. The fraction of sp³-hybridized carbons (Fsp3) is 0.130. The van der Waals surface area contributed by atoms with E-state index in [2.05, 4.69) is 5.32 Å². The van der Waals surface area contributed by atoms with Gasteiger partial charge in [0.1, 0.15) is 5.75 Å². The maximum Gasteiger partial charge on any atom is 0.265 e. The molecule has 29 heavy (non-hydrogen) atoms. The summed E-state index contributed by atoms with van der Waals surface area (Å²) in [5.41, 5.74) is 2.75. The van der Waals surface area contributed by atoms with E-state index in [9.17, 15) is 9.59 Å². The van der Waals surface area contributed by atoms with E-state index in [1.165, 1.54) is 0 Å². The second kappa shape index (κ2) is 8.37. The molecule has 2 amide bonds. The zero-order valence-electron chi connectivity index (χ0n) is 15.6. The molecule has 3 aromatic carbocycles. The predicted molar refractivity (Wildman–Crippen MR) is 114 cm³/mol. The first-order chi connectivity index (χ1) is 14.1. The maximum absolute atomic E-state index is 12.6. The monoisotopic (exact) mass is 406 g/mol. The zero-order chi connectivity index (χ0) is 20.2. The number of amides is 2. The van der Waals surface area contributed by atoms with E-state index in [-0.39, 0.29) is 18.4 Å². The first kappa shape index (κ1) is 19.0. The molecule has 6 heteroatoms. The number of carbonyl (C=O) groups excluding carboxylic acids is 2. The van der Waals surface area contributed by atoms with Crippen LogP contribution in [-0.4, -0.2) is 25.0 Å². The lowest BCUT2D eigenvalue weighted by Crippen LogP contribution is -2.40. The van der Waals surface area contributed by atoms with E-state index in [1.807, 2.05) is 30.3 Å². The van der Waals surface area contributed by atoms with Gasteiger partial charge >= 0.3 is 0 Å². The largest absolute Gasteiger partial charge is 0.482 e. The van der Waals surface area contributed by atoms with Gasteiger partial charge in [-0.3, -0.25) is 9.59 Å². The summed E-state index contributed by atoms with van der Waals surface area (Å²) in [5, 5.41) is 3.22. The molecule has 1 heterocycles. The summed E-state index contributed by atoms with van der Waals surface area (Å²) in [6, 6.07) is 22.1. The fourth-order valence-corrected chi connectivity index (χ4v) is 3.48. The van der Waals surface area contributed by atoms with Gasteiger partial charge in [-0.2, -0.15) is 0 Å². The Labute approximate surface area is 173 Å². The quantitative estimate of drug-likeness (QED) is 0.675. The molecular formula is C23H19ClN2O3. The van der Waals surface area contributed by atoms with Gasteiger partial charge < -0.3 is 15.0 Å². The van der Waals surface area contributed by atoms with Gasteiger partial charge in [-0.25, -0.2) is 0 Å². The van der Waals surface area contributed by atoms with Crippen molar-refractivity contribution in [1.82, 2.24) is 0 Å². The molecule has 0 saturated carbocycles. The number of benzene rings is 3. The molecule has 146 valence electrons. The van der Waals surface area contributed by atoms with Gasteiger partial charge in [0.25, 0.3) is 11.8 Å². The third-order valence-corrected chi connectivity index (χ3v) is 5.07. The highest BCUT2D eigenvalue weighted by atomic mass is 35.5. The molecular weight excluding hydrogens is 388 g/mol. The molecule has 1 aliphatic heterocycles. The lowest BCUT2D eigenvalue weighted by molar-refractivity contribution is -0.121. The second-order valence-electron chi connectivity index (χ2n) is 6.69. The first-order valence-corrected chi connectivity index (χ1v) is 9.66. The van der Waals surface area contributed by atoms with Crippen LogP contribution in [-0.2, 0) is 11.2 Å². The molecule has 0 atom stereocenters. The maximum atomic E-state index is 12.6. The van der Waals surface area contributed by atoms with Crippen molar-refractivity contribution in [2.75, 3.05) is 23.4 Å². The van der Waals surface area contributed by atoms with E-state index in [4.69, 9.17) is 16.3 Å². The van der Waals surface area contributed by atoms with Crippen LogP contribution in [0.3, 0.4) is 0 Å². The van der Waals surface area contributed by atoms with Gasteiger partial charge in [0, 0.05) is 12.2 Å². The number of hydrogen-bond acceptors (Lipinski definition) is 3. The van der Waals surface area contributed by atoms with E-state index >= 15 is 0 Å². The number of nitrogens with one attached hydrogen (secondary N) is 1. The van der Waals surface area contributed by atoms with Crippen LogP contribution in [0.25, 0.3) is 0 Å². The van der Waals surface area contributed by atoms with Crippen LogP contribution in [0.4, 0.5) is 11.4 Å². The smallest absolute Gasteiger partial charge is 0.265 e. The fourth-order valence-electron chi connectivity index (χ4n) is 3.25. The van der Waals surface area contributed by atoms with Crippen molar-refractivity contribution in [2.45, 2.75) is 6.42 Å². The van der Waals surface area contributed by atoms with Gasteiger partial charge in [0.2, 0.25) is 0 Å². The van der Waals surface area contributed by atoms with Crippen molar-refractivity contribution in [3.05, 3.63) is 88.9 Å². The average Bonchev–Trinajstić information content (AvgIpc) is 2.74. The molecule has 0 saturated heterocycles. The number of halogens is 1. The minimum absolute atomic E-state index is 0.00706. The Morgan fingerprint density at radius 3 is 2.59 bits per heavy atom. The lowest BCUT2D eigenvalue weighted by atomic mass is 10.1. The van der Waals surface area contributed by atoms with Crippen molar-refractivity contribution in [3.63, 3.8) is 0 Å². The van der Waals surface area contributed by atoms with Crippen molar-refractivity contribution >= 4 is 34.8 Å². The summed E-state index contributed by atoms with van der Waals surface area (Å²) in [6.45, 7) is 0.536. The first-order valence-electron chi connectivity index (χ1n) is 9.29. The Morgan fingerprint density at radius 2 is 1.79 bits per heavy atom. The summed E-state index contributed by atoms with van der Waals surface area (Å²) in [6.07, 6.45) is 0.724. The van der Waals surface area contributed by atoms with Crippen molar-refractivity contribution in [2.24, 2.45) is 0 Å². The highest BCUT2D eigenvalue weighted by molar-refractivity contribution is 6.34. The van der Waals surface area contributed by atoms with E-state index < -0.39 is 0 Å². The van der Waals surface area contributed by atoms with Crippen LogP contribution in [0.2, 0.25) is 5.02 Å². The number of ether oxygens (including phenoxy) is 1. The topological polar surface area (TPSA) is 58.6 Å². The standard InChI is InChI=1S/C23H19ClN2O3/c24-19-9-5-4-8-18(19)23(28)25-17-10-11-21-20(14-17)26(22(27)15-29-21)13-12-16-6-2-1-3-7-16/h1-11,14H,12-13,15H2,(H,25,28). The van der Waals surface area contributed by atoms with Crippen LogP contribution in [0, 0.1) is 0 Å². The molecule has 0 aliphatic carbocycles. The number of carbonyl (C=O) groups is 2. The summed E-state index contributed by atoms with van der Waals surface area (Å²) in [7, 11) is 0. The molecule has 4 rings (SSSR count). The summed E-state index contributed by atoms with van der Waals surface area (Å²) < 4.78 is 5.56. The van der Waals surface area contributed by atoms with Gasteiger partial charge in [-0.15, -0.1) is 0 Å². The SMILES string of the molecule is O=C(Nc1ccc2c(c1)N(CCc1ccccc1)C(=O)CO2)c1ccccc1Cl. The molecule has 0 radical (unpaired) electrons. The molecule has 0 fully saturated rings. The Balaban J connectivity index is 1.55. The van der Waals surface area contributed by atoms with E-state index in [0.29, 0.717) is 34.3 Å². The third kappa shape index (κ3) is 4.25. The van der Waals surface area contributed by atoms with Crippen molar-refractivity contribution < 1.29 is 14.3 Å². The van der Waals surface area contributed by atoms with E-state index in [1.54, 1.807) is 47.4 Å². The number of hydrogen-bond donors (Lipinski definition) is 1. The van der Waals surface area contributed by atoms with Crippen LogP contribution in [0.15, 0.2) is 72.8 Å². The number of nitrogens with zero attached hydrogens (tertiary/aromatic N) is 1. The Kier molecular flexibility index (Phi) is 5.49. The van der Waals surface area contributed by atoms with Crippen molar-refractivity contribution in [1.29, 1.82) is 0 Å². The zero-order valence-corrected chi connectivity index (χ0v) is 16.4. The summed E-state index contributed by atoms with van der Waals surface area (Å²) in [4.78, 5) is 26.7. The predicted octanol–water partition coefficient (Wildman–Crippen LogP) is 4.56. The van der Waals surface area contributed by atoms with Gasteiger partial charge in [-0.05, 0) is 42.3 Å².